The molecule has 0 spiro atoms. The summed E-state index contributed by atoms with van der Waals surface area (Å²) in [5.41, 5.74) is 2.43. The van der Waals surface area contributed by atoms with Crippen LogP contribution in [0.25, 0.3) is 0 Å². The number of hydrogen-bond donors (Lipinski definition) is 1. The number of rotatable bonds is 3. The summed E-state index contributed by atoms with van der Waals surface area (Å²) in [5, 5.41) is 4.28. The topological polar surface area (TPSA) is 24.9 Å². The second-order valence-corrected chi connectivity index (χ2v) is 5.87. The Kier molecular flexibility index (Phi) is 4.22. The number of halogens is 1. The van der Waals surface area contributed by atoms with Gasteiger partial charge < -0.3 is 5.32 Å². The molecule has 1 saturated carbocycles. The fourth-order valence-electron chi connectivity index (χ4n) is 3.00. The van der Waals surface area contributed by atoms with E-state index in [2.05, 4.69) is 40.6 Å². The van der Waals surface area contributed by atoms with E-state index in [9.17, 15) is 0 Å². The van der Waals surface area contributed by atoms with Crippen LogP contribution in [0.3, 0.4) is 0 Å². The van der Waals surface area contributed by atoms with Crippen LogP contribution in [0.4, 0.5) is 5.69 Å². The van der Waals surface area contributed by atoms with E-state index in [-0.39, 0.29) is 0 Å². The first-order valence-corrected chi connectivity index (χ1v) is 7.62. The molecule has 0 amide bonds. The lowest BCUT2D eigenvalue weighted by atomic mass is 9.82. The molecule has 1 aromatic carbocycles. The molecule has 0 saturated heterocycles. The van der Waals surface area contributed by atoms with Gasteiger partial charge in [0.15, 0.2) is 0 Å². The normalized spacial score (nSPS) is 22.4. The number of anilines is 1. The van der Waals surface area contributed by atoms with Gasteiger partial charge in [-0.05, 0) is 43.2 Å². The molecule has 2 aromatic rings. The van der Waals surface area contributed by atoms with Crippen LogP contribution < -0.4 is 5.32 Å². The monoisotopic (exact) mass is 286 g/mol. The molecule has 1 fully saturated rings. The maximum Gasteiger partial charge on any atom is 0.0718 e. The summed E-state index contributed by atoms with van der Waals surface area (Å²) in [6, 6.07) is 13.2. The summed E-state index contributed by atoms with van der Waals surface area (Å²) in [7, 11) is 0. The van der Waals surface area contributed by atoms with Gasteiger partial charge in [0.1, 0.15) is 0 Å². The third-order valence-electron chi connectivity index (χ3n) is 4.13. The highest BCUT2D eigenvalue weighted by Crippen LogP contribution is 2.34. The quantitative estimate of drug-likeness (QED) is 0.870. The summed E-state index contributed by atoms with van der Waals surface area (Å²) in [6.07, 6.45) is 8.38. The molecule has 104 valence electrons. The molecule has 1 heterocycles. The summed E-state index contributed by atoms with van der Waals surface area (Å²) in [6.45, 7) is 0. The van der Waals surface area contributed by atoms with E-state index in [1.807, 2.05) is 12.3 Å². The lowest BCUT2D eigenvalue weighted by Gasteiger charge is -2.30. The number of aromatic nitrogens is 1. The highest BCUT2D eigenvalue weighted by Gasteiger charge is 2.22. The molecular formula is C17H19ClN2. The average molecular weight is 287 g/mol. The van der Waals surface area contributed by atoms with Gasteiger partial charge in [0, 0.05) is 12.2 Å². The zero-order chi connectivity index (χ0) is 13.8. The van der Waals surface area contributed by atoms with Crippen LogP contribution in [0.2, 0.25) is 5.02 Å². The van der Waals surface area contributed by atoms with Crippen molar-refractivity contribution in [3.63, 3.8) is 0 Å². The van der Waals surface area contributed by atoms with Crippen molar-refractivity contribution in [1.29, 1.82) is 0 Å². The number of nitrogens with zero attached hydrogens (tertiary/aromatic N) is 1. The largest absolute Gasteiger partial charge is 0.380 e. The van der Waals surface area contributed by atoms with E-state index in [0.29, 0.717) is 12.0 Å². The van der Waals surface area contributed by atoms with Crippen LogP contribution in [0.15, 0.2) is 48.8 Å². The molecule has 2 nitrogen and oxygen atoms in total. The van der Waals surface area contributed by atoms with Crippen molar-refractivity contribution in [2.45, 2.75) is 37.6 Å². The Labute approximate surface area is 125 Å². The minimum absolute atomic E-state index is 0.511. The van der Waals surface area contributed by atoms with Gasteiger partial charge in [0.25, 0.3) is 0 Å². The molecule has 0 bridgehead atoms. The van der Waals surface area contributed by atoms with Crippen molar-refractivity contribution in [2.24, 2.45) is 0 Å². The number of hydrogen-bond acceptors (Lipinski definition) is 2. The van der Waals surface area contributed by atoms with Crippen LogP contribution >= 0.6 is 11.6 Å². The standard InChI is InChI=1S/C17H19ClN2/c18-16-10-11-19-12-17(16)20-15-8-6-14(7-9-15)13-4-2-1-3-5-13/h1-5,10-12,14-15,20H,6-9H2. The molecule has 0 atom stereocenters. The minimum atomic E-state index is 0.511. The smallest absolute Gasteiger partial charge is 0.0718 e. The fraction of sp³-hybridized carbons (Fsp3) is 0.353. The molecule has 1 N–H and O–H groups in total. The molecule has 3 heteroatoms. The Hall–Kier alpha value is -1.54. The van der Waals surface area contributed by atoms with Gasteiger partial charge in [-0.3, -0.25) is 4.98 Å². The van der Waals surface area contributed by atoms with E-state index in [4.69, 9.17) is 11.6 Å². The Morgan fingerprint density at radius 2 is 1.75 bits per heavy atom. The minimum Gasteiger partial charge on any atom is -0.380 e. The second-order valence-electron chi connectivity index (χ2n) is 5.46. The van der Waals surface area contributed by atoms with Gasteiger partial charge >= 0.3 is 0 Å². The first-order valence-electron chi connectivity index (χ1n) is 7.24. The zero-order valence-corrected chi connectivity index (χ0v) is 12.2. The third-order valence-corrected chi connectivity index (χ3v) is 4.46. The fourth-order valence-corrected chi connectivity index (χ4v) is 3.16. The van der Waals surface area contributed by atoms with Gasteiger partial charge in [-0.25, -0.2) is 0 Å². The summed E-state index contributed by atoms with van der Waals surface area (Å²) >= 11 is 6.17. The maximum absolute atomic E-state index is 6.17. The van der Waals surface area contributed by atoms with Crippen molar-refractivity contribution >= 4 is 17.3 Å². The Morgan fingerprint density at radius 1 is 1.00 bits per heavy atom. The van der Waals surface area contributed by atoms with Gasteiger partial charge in [0.05, 0.1) is 16.9 Å². The lowest BCUT2D eigenvalue weighted by Crippen LogP contribution is -2.25. The Bertz CT molecular complexity index is 548. The van der Waals surface area contributed by atoms with E-state index < -0.39 is 0 Å². The summed E-state index contributed by atoms with van der Waals surface area (Å²) in [4.78, 5) is 4.13. The molecular weight excluding hydrogens is 268 g/mol. The van der Waals surface area contributed by atoms with Crippen molar-refractivity contribution < 1.29 is 0 Å². The van der Waals surface area contributed by atoms with Gasteiger partial charge in [-0.2, -0.15) is 0 Å². The SMILES string of the molecule is Clc1ccncc1NC1CCC(c2ccccc2)CC1. The Balaban J connectivity index is 1.58. The predicted molar refractivity (Wildman–Crippen MR) is 84.3 cm³/mol. The molecule has 0 aliphatic heterocycles. The number of pyridine rings is 1. The van der Waals surface area contributed by atoms with Crippen LogP contribution in [0, 0.1) is 0 Å². The highest BCUT2D eigenvalue weighted by atomic mass is 35.5. The molecule has 0 radical (unpaired) electrons. The van der Waals surface area contributed by atoms with Gasteiger partial charge in [-0.1, -0.05) is 41.9 Å². The molecule has 3 rings (SSSR count). The molecule has 0 unspecified atom stereocenters. The van der Waals surface area contributed by atoms with Crippen molar-refractivity contribution in [3.05, 3.63) is 59.4 Å². The third kappa shape index (κ3) is 3.13. The number of nitrogens with one attached hydrogen (secondary N) is 1. The van der Waals surface area contributed by atoms with Gasteiger partial charge in [0.2, 0.25) is 0 Å². The molecule has 1 aromatic heterocycles. The predicted octanol–water partition coefficient (Wildman–Crippen LogP) is 4.87. The maximum atomic E-state index is 6.17. The number of benzene rings is 1. The van der Waals surface area contributed by atoms with Crippen LogP contribution in [0.1, 0.15) is 37.2 Å². The second kappa shape index (κ2) is 6.27. The lowest BCUT2D eigenvalue weighted by molar-refractivity contribution is 0.412. The Morgan fingerprint density at radius 3 is 2.45 bits per heavy atom. The van der Waals surface area contributed by atoms with E-state index >= 15 is 0 Å². The molecule has 1 aliphatic carbocycles. The van der Waals surface area contributed by atoms with E-state index in [1.54, 1.807) is 6.20 Å². The average Bonchev–Trinajstić information content (AvgIpc) is 2.51. The van der Waals surface area contributed by atoms with Crippen molar-refractivity contribution in [1.82, 2.24) is 4.98 Å². The summed E-state index contributed by atoms with van der Waals surface area (Å²) in [5.74, 6) is 0.707. The van der Waals surface area contributed by atoms with Crippen LogP contribution in [-0.2, 0) is 0 Å². The van der Waals surface area contributed by atoms with Crippen molar-refractivity contribution in [2.75, 3.05) is 5.32 Å². The summed E-state index contributed by atoms with van der Waals surface area (Å²) < 4.78 is 0. The first kappa shape index (κ1) is 13.4. The zero-order valence-electron chi connectivity index (χ0n) is 11.4. The highest BCUT2D eigenvalue weighted by molar-refractivity contribution is 6.33. The van der Waals surface area contributed by atoms with Crippen LogP contribution in [0.5, 0.6) is 0 Å². The van der Waals surface area contributed by atoms with E-state index in [1.165, 1.54) is 31.2 Å². The van der Waals surface area contributed by atoms with E-state index in [0.717, 1.165) is 10.7 Å². The molecule has 20 heavy (non-hydrogen) atoms. The van der Waals surface area contributed by atoms with Gasteiger partial charge in [-0.15, -0.1) is 0 Å². The molecule has 1 aliphatic rings. The van der Waals surface area contributed by atoms with Crippen molar-refractivity contribution in [3.8, 4) is 0 Å². The first-order chi connectivity index (χ1) is 9.83. The van der Waals surface area contributed by atoms with Crippen LogP contribution in [-0.4, -0.2) is 11.0 Å².